The maximum atomic E-state index is 2.54. The number of hydrogen-bond acceptors (Lipinski definition) is 0. The van der Waals surface area contributed by atoms with E-state index in [4.69, 9.17) is 0 Å². The van der Waals surface area contributed by atoms with Crippen LogP contribution < -0.4 is 0 Å². The Morgan fingerprint density at radius 3 is 1.19 bits per heavy atom. The fourth-order valence-electron chi connectivity index (χ4n) is 5.44. The molecule has 0 aromatic heterocycles. The first-order valence-electron chi connectivity index (χ1n) is 10.9. The van der Waals surface area contributed by atoms with Gasteiger partial charge in [-0.15, -0.1) is 0 Å². The van der Waals surface area contributed by atoms with Crippen molar-refractivity contribution in [2.75, 3.05) is 0 Å². The van der Waals surface area contributed by atoms with Gasteiger partial charge in [0.15, 0.2) is 0 Å². The second-order valence-electron chi connectivity index (χ2n) is 13.2. The first-order chi connectivity index (χ1) is 11.8. The zero-order valence-electron chi connectivity index (χ0n) is 20.8. The van der Waals surface area contributed by atoms with Crippen LogP contribution in [0.5, 0.6) is 0 Å². The van der Waals surface area contributed by atoms with Crippen LogP contribution in [0, 0.1) is 17.8 Å². The van der Waals surface area contributed by atoms with E-state index in [9.17, 15) is 0 Å². The minimum Gasteiger partial charge on any atom is -0.0693 e. The number of hydrogen-bond donors (Lipinski definition) is 0. The van der Waals surface area contributed by atoms with Crippen LogP contribution in [-0.4, -0.2) is 16.1 Å². The molecular weight excluding hydrogens is 356 g/mol. The average molecular weight is 405 g/mol. The maximum absolute atomic E-state index is 2.54. The molecule has 0 aliphatic heterocycles. The van der Waals surface area contributed by atoms with Gasteiger partial charge < -0.3 is 0 Å². The Labute approximate surface area is 173 Å². The third-order valence-electron chi connectivity index (χ3n) is 6.59. The molecule has 0 saturated carbocycles. The second kappa shape index (κ2) is 8.18. The van der Waals surface area contributed by atoms with E-state index in [1.165, 1.54) is 12.8 Å². The Hall–Kier alpha value is -0.346. The minimum atomic E-state index is -1.23. The fourth-order valence-corrected chi connectivity index (χ4v) is 12.3. The summed E-state index contributed by atoms with van der Waals surface area (Å²) in [4.78, 5) is 0. The van der Waals surface area contributed by atoms with Gasteiger partial charge >= 0.3 is 0 Å². The highest BCUT2D eigenvalue weighted by Crippen LogP contribution is 2.44. The molecule has 2 heteroatoms. The second-order valence-corrected chi connectivity index (χ2v) is 24.0. The van der Waals surface area contributed by atoms with Gasteiger partial charge in [-0.25, -0.2) is 0 Å². The largest absolute Gasteiger partial charge is 0.0693 e. The molecule has 27 heavy (non-hydrogen) atoms. The van der Waals surface area contributed by atoms with Crippen molar-refractivity contribution < 1.29 is 0 Å². The van der Waals surface area contributed by atoms with Gasteiger partial charge in [0, 0.05) is 16.1 Å². The van der Waals surface area contributed by atoms with Crippen molar-refractivity contribution >= 4 is 16.1 Å². The summed E-state index contributed by atoms with van der Waals surface area (Å²) < 4.78 is 0. The van der Waals surface area contributed by atoms with Crippen LogP contribution in [0.15, 0.2) is 18.2 Å². The Morgan fingerprint density at radius 2 is 0.963 bits per heavy atom. The van der Waals surface area contributed by atoms with Gasteiger partial charge in [-0.2, -0.15) is 0 Å². The van der Waals surface area contributed by atoms with Crippen molar-refractivity contribution in [1.29, 1.82) is 0 Å². The number of rotatable bonds is 6. The predicted octanol–water partition coefficient (Wildman–Crippen LogP) is 8.59. The predicted molar refractivity (Wildman–Crippen MR) is 132 cm³/mol. The lowest BCUT2D eigenvalue weighted by atomic mass is 9.84. The van der Waals surface area contributed by atoms with Crippen molar-refractivity contribution in [3.05, 3.63) is 34.9 Å². The summed E-state index contributed by atoms with van der Waals surface area (Å²) in [5.41, 5.74) is 7.11. The summed E-state index contributed by atoms with van der Waals surface area (Å²) in [6.07, 6.45) is 2.48. The van der Waals surface area contributed by atoms with Gasteiger partial charge in [0.25, 0.3) is 0 Å². The van der Waals surface area contributed by atoms with E-state index in [1.807, 2.05) is 0 Å². The summed E-state index contributed by atoms with van der Waals surface area (Å²) in [5.74, 6) is 0. The first kappa shape index (κ1) is 24.7. The van der Waals surface area contributed by atoms with E-state index in [0.29, 0.717) is 10.8 Å². The van der Waals surface area contributed by atoms with Crippen molar-refractivity contribution in [3.8, 4) is 0 Å². The Bertz CT molecular complexity index is 535. The highest BCUT2D eigenvalue weighted by molar-refractivity contribution is 6.78. The maximum Gasteiger partial charge on any atom is 0.0482 e. The van der Waals surface area contributed by atoms with Crippen LogP contribution in [0.25, 0.3) is 0 Å². The van der Waals surface area contributed by atoms with Crippen molar-refractivity contribution in [2.45, 2.75) is 112 Å². The zero-order chi connectivity index (χ0) is 21.4. The van der Waals surface area contributed by atoms with Gasteiger partial charge in [-0.1, -0.05) is 99.0 Å². The molecule has 0 fully saturated rings. The molecule has 0 aliphatic carbocycles. The first-order valence-corrected chi connectivity index (χ1v) is 18.1. The fraction of sp³-hybridized carbons (Fsp3) is 0.760. The van der Waals surface area contributed by atoms with Crippen LogP contribution >= 0.6 is 0 Å². The highest BCUT2D eigenvalue weighted by atomic mass is 28.3. The lowest BCUT2D eigenvalue weighted by Gasteiger charge is -2.41. The number of benzene rings is 1. The molecule has 2 atom stereocenters. The summed E-state index contributed by atoms with van der Waals surface area (Å²) in [6.45, 7) is 32.3. The summed E-state index contributed by atoms with van der Waals surface area (Å²) in [6, 6.07) is 7.13. The van der Waals surface area contributed by atoms with Gasteiger partial charge in [0.05, 0.1) is 0 Å². The SMILES string of the molecule is Cc1c(CC(C(C)(C)C)[Si](C)(C)C)cccc1CC(C(C)(C)C)[Si](C)(C)C. The third-order valence-corrected chi connectivity index (χ3v) is 12.9. The van der Waals surface area contributed by atoms with E-state index >= 15 is 0 Å². The van der Waals surface area contributed by atoms with E-state index in [2.05, 4.69) is 106 Å². The Balaban J connectivity index is 3.27. The van der Waals surface area contributed by atoms with E-state index in [1.54, 1.807) is 16.7 Å². The van der Waals surface area contributed by atoms with E-state index < -0.39 is 16.1 Å². The molecule has 0 bridgehead atoms. The van der Waals surface area contributed by atoms with E-state index in [-0.39, 0.29) is 0 Å². The molecule has 156 valence electrons. The zero-order valence-corrected chi connectivity index (χ0v) is 22.8. The molecule has 0 amide bonds. The molecule has 1 aromatic carbocycles. The molecule has 1 rings (SSSR count). The molecule has 0 nitrogen and oxygen atoms in total. The van der Waals surface area contributed by atoms with Crippen molar-refractivity contribution in [2.24, 2.45) is 10.8 Å². The highest BCUT2D eigenvalue weighted by Gasteiger charge is 2.38. The molecule has 0 aliphatic rings. The molecule has 0 heterocycles. The standard InChI is InChI=1S/C25H48Si2/c1-19-20(17-22(24(2,3)4)26(8,9)10)15-14-16-21(19)18-23(25(5,6)7)27(11,12)13/h14-16,22-23H,17-18H2,1-13H3. The topological polar surface area (TPSA) is 0 Å². The summed E-state index contributed by atoms with van der Waals surface area (Å²) in [5, 5.41) is 0. The van der Waals surface area contributed by atoms with Gasteiger partial charge in [0.2, 0.25) is 0 Å². The lowest BCUT2D eigenvalue weighted by molar-refractivity contribution is 0.365. The van der Waals surface area contributed by atoms with E-state index in [0.717, 1.165) is 11.1 Å². The molecule has 0 N–H and O–H groups in total. The Morgan fingerprint density at radius 1 is 0.667 bits per heavy atom. The normalized spacial score (nSPS) is 16.3. The summed E-state index contributed by atoms with van der Waals surface area (Å²) in [7, 11) is -2.46. The van der Waals surface area contributed by atoms with Crippen LogP contribution in [0.1, 0.15) is 58.2 Å². The molecule has 1 aromatic rings. The Kier molecular flexibility index (Phi) is 7.48. The third kappa shape index (κ3) is 6.89. The lowest BCUT2D eigenvalue weighted by Crippen LogP contribution is -2.38. The van der Waals surface area contributed by atoms with Crippen molar-refractivity contribution in [1.82, 2.24) is 0 Å². The quantitative estimate of drug-likeness (QED) is 0.416. The van der Waals surface area contributed by atoms with Gasteiger partial charge in [-0.3, -0.25) is 0 Å². The van der Waals surface area contributed by atoms with Crippen molar-refractivity contribution in [3.63, 3.8) is 0 Å². The molecule has 0 radical (unpaired) electrons. The monoisotopic (exact) mass is 404 g/mol. The molecular formula is C25H48Si2. The van der Waals surface area contributed by atoms with Crippen LogP contribution in [0.4, 0.5) is 0 Å². The van der Waals surface area contributed by atoms with Crippen LogP contribution in [0.2, 0.25) is 50.4 Å². The van der Waals surface area contributed by atoms with Gasteiger partial charge in [0.1, 0.15) is 0 Å². The van der Waals surface area contributed by atoms with Gasteiger partial charge in [-0.05, 0) is 58.4 Å². The summed E-state index contributed by atoms with van der Waals surface area (Å²) >= 11 is 0. The van der Waals surface area contributed by atoms with Crippen LogP contribution in [0.3, 0.4) is 0 Å². The minimum absolute atomic E-state index is 0.374. The molecule has 2 unspecified atom stereocenters. The smallest absolute Gasteiger partial charge is 0.0482 e. The molecule has 0 saturated heterocycles. The van der Waals surface area contributed by atoms with Crippen LogP contribution in [-0.2, 0) is 12.8 Å². The average Bonchev–Trinajstić information content (AvgIpc) is 2.39. The molecule has 0 spiro atoms.